The molecule has 2 aliphatic rings. The van der Waals surface area contributed by atoms with Crippen LogP contribution in [0.2, 0.25) is 0 Å². The Morgan fingerprint density at radius 2 is 0.424 bits per heavy atom. The third kappa shape index (κ3) is 50.3. The maximum absolute atomic E-state index is 14.5. The van der Waals surface area contributed by atoms with E-state index in [9.17, 15) is 19.2 Å². The molecule has 0 heterocycles. The summed E-state index contributed by atoms with van der Waals surface area (Å²) >= 11 is 0. The molecule has 8 heteroatoms. The lowest BCUT2D eigenvalue weighted by atomic mass is 9.90. The molecule has 0 unspecified atom stereocenters. The van der Waals surface area contributed by atoms with Gasteiger partial charge < -0.3 is 18.9 Å². The molecule has 0 radical (unpaired) electrons. The Balaban J connectivity index is 2.21. The SMILES string of the molecule is CCCCCCCCCCCCCCCCCC(=O)OCC(COC(=O)CCCCCCCCCCCCCCCCC)(COC(=O)C1CCCCCCCCCCCCCCCC1)COC(=O)C1CCCCCCCCCCCCCCCC1. The second kappa shape index (κ2) is 60.8. The topological polar surface area (TPSA) is 105 Å². The standard InChI is InChI=1S/C77H144O8/c1-3-5-7-9-11-13-15-17-19-29-35-41-47-53-59-65-73(78)82-67-77(68-83-74(79)66-60-54-48-42-36-30-20-18-16-14-12-10-8-6-4-2,69-84-75(80)71-61-55-49-43-37-31-25-21-22-26-32-38-44-50-56-62-71)70-85-76(81)72-63-57-51-45-39-33-27-23-24-28-34-40-46-52-58-64-72/h71-72H,3-70H2,1-2H3. The Morgan fingerprint density at radius 3 is 0.635 bits per heavy atom. The molecule has 0 amide bonds. The predicted molar refractivity (Wildman–Crippen MR) is 360 cm³/mol. The molecule has 0 saturated heterocycles. The van der Waals surface area contributed by atoms with E-state index in [1.54, 1.807) is 0 Å². The van der Waals surface area contributed by atoms with Gasteiger partial charge >= 0.3 is 23.9 Å². The highest BCUT2D eigenvalue weighted by atomic mass is 16.6. The lowest BCUT2D eigenvalue weighted by Crippen LogP contribution is -2.44. The fourth-order valence-corrected chi connectivity index (χ4v) is 13.4. The minimum absolute atomic E-state index is 0.140. The second-order valence-corrected chi connectivity index (χ2v) is 27.9. The summed E-state index contributed by atoms with van der Waals surface area (Å²) in [4.78, 5) is 56.4. The van der Waals surface area contributed by atoms with Gasteiger partial charge in [0.15, 0.2) is 0 Å². The quantitative estimate of drug-likeness (QED) is 0.0338. The van der Waals surface area contributed by atoms with Crippen LogP contribution < -0.4 is 0 Å². The molecule has 0 aromatic carbocycles. The zero-order chi connectivity index (χ0) is 60.9. The molecule has 0 aromatic heterocycles. The molecule has 2 saturated carbocycles. The van der Waals surface area contributed by atoms with Gasteiger partial charge in [-0.1, -0.05) is 373 Å². The Kier molecular flexibility index (Phi) is 56.5. The summed E-state index contributed by atoms with van der Waals surface area (Å²) in [6.45, 7) is 3.99. The summed E-state index contributed by atoms with van der Waals surface area (Å²) in [7, 11) is 0. The van der Waals surface area contributed by atoms with E-state index in [4.69, 9.17) is 18.9 Å². The first-order valence-electron chi connectivity index (χ1n) is 38.5. The van der Waals surface area contributed by atoms with Crippen LogP contribution in [0, 0.1) is 17.3 Å². The largest absolute Gasteiger partial charge is 0.465 e. The Hall–Kier alpha value is -2.12. The van der Waals surface area contributed by atoms with Crippen molar-refractivity contribution in [2.24, 2.45) is 17.3 Å². The van der Waals surface area contributed by atoms with Gasteiger partial charge in [-0.05, 0) is 38.5 Å². The Bertz CT molecular complexity index is 1340. The molecule has 0 atom stereocenters. The van der Waals surface area contributed by atoms with Crippen molar-refractivity contribution in [1.82, 2.24) is 0 Å². The molecule has 2 rings (SSSR count). The number of carbonyl (C=O) groups excluding carboxylic acids is 4. The van der Waals surface area contributed by atoms with Gasteiger partial charge in [0, 0.05) is 12.8 Å². The number of hydrogen-bond acceptors (Lipinski definition) is 8. The van der Waals surface area contributed by atoms with Crippen LogP contribution in [0.5, 0.6) is 0 Å². The summed E-state index contributed by atoms with van der Waals surface area (Å²) in [6, 6.07) is 0. The van der Waals surface area contributed by atoms with Crippen LogP contribution in [-0.4, -0.2) is 50.3 Å². The molecule has 500 valence electrons. The number of hydrogen-bond donors (Lipinski definition) is 0. The average molecular weight is 1200 g/mol. The van der Waals surface area contributed by atoms with Gasteiger partial charge in [0.2, 0.25) is 0 Å². The molecule has 85 heavy (non-hydrogen) atoms. The van der Waals surface area contributed by atoms with E-state index in [0.29, 0.717) is 12.8 Å². The highest BCUT2D eigenvalue weighted by molar-refractivity contribution is 5.73. The summed E-state index contributed by atoms with van der Waals surface area (Å²) in [5.74, 6) is -1.51. The molecule has 2 fully saturated rings. The van der Waals surface area contributed by atoms with Crippen molar-refractivity contribution in [3.63, 3.8) is 0 Å². The lowest BCUT2D eigenvalue weighted by molar-refractivity contribution is -0.174. The van der Waals surface area contributed by atoms with Crippen molar-refractivity contribution >= 4 is 23.9 Å². The van der Waals surface area contributed by atoms with E-state index >= 15 is 0 Å². The summed E-state index contributed by atoms with van der Waals surface area (Å²) < 4.78 is 25.2. The minimum Gasteiger partial charge on any atom is -0.465 e. The molecule has 0 N–H and O–H groups in total. The van der Waals surface area contributed by atoms with Gasteiger partial charge in [-0.25, -0.2) is 0 Å². The molecule has 0 bridgehead atoms. The van der Waals surface area contributed by atoms with Crippen LogP contribution in [-0.2, 0) is 38.1 Å². The fourth-order valence-electron chi connectivity index (χ4n) is 13.4. The molecule has 0 aliphatic heterocycles. The first kappa shape index (κ1) is 79.0. The van der Waals surface area contributed by atoms with Crippen LogP contribution in [0.25, 0.3) is 0 Å². The van der Waals surface area contributed by atoms with Crippen molar-refractivity contribution in [3.8, 4) is 0 Å². The third-order valence-corrected chi connectivity index (χ3v) is 19.5. The van der Waals surface area contributed by atoms with Gasteiger partial charge in [-0.3, -0.25) is 19.2 Å². The first-order chi connectivity index (χ1) is 41.9. The minimum atomic E-state index is -1.23. The molecular formula is C77H144O8. The molecular weight excluding hydrogens is 1050 g/mol. The van der Waals surface area contributed by atoms with Gasteiger partial charge in [-0.2, -0.15) is 0 Å². The van der Waals surface area contributed by atoms with Crippen molar-refractivity contribution in [2.75, 3.05) is 26.4 Å². The van der Waals surface area contributed by atoms with Gasteiger partial charge in [0.05, 0.1) is 11.8 Å². The van der Waals surface area contributed by atoms with Crippen LogP contribution >= 0.6 is 0 Å². The maximum Gasteiger partial charge on any atom is 0.308 e. The van der Waals surface area contributed by atoms with Crippen molar-refractivity contribution < 1.29 is 38.1 Å². The van der Waals surface area contributed by atoms with Crippen LogP contribution in [0.15, 0.2) is 0 Å². The zero-order valence-corrected chi connectivity index (χ0v) is 57.0. The van der Waals surface area contributed by atoms with E-state index in [0.717, 1.165) is 116 Å². The first-order valence-corrected chi connectivity index (χ1v) is 38.5. The van der Waals surface area contributed by atoms with E-state index in [1.165, 1.54) is 283 Å². The Labute approximate surface area is 528 Å². The predicted octanol–water partition coefficient (Wildman–Crippen LogP) is 24.4. The summed E-state index contributed by atoms with van der Waals surface area (Å²) in [5.41, 5.74) is -1.23. The monoisotopic (exact) mass is 1200 g/mol. The van der Waals surface area contributed by atoms with Crippen LogP contribution in [0.1, 0.15) is 425 Å². The third-order valence-electron chi connectivity index (χ3n) is 19.5. The number of unbranched alkanes of at least 4 members (excludes halogenated alkanes) is 28. The highest BCUT2D eigenvalue weighted by Gasteiger charge is 2.39. The molecule has 2 aliphatic carbocycles. The number of esters is 4. The van der Waals surface area contributed by atoms with E-state index in [2.05, 4.69) is 13.8 Å². The van der Waals surface area contributed by atoms with Crippen LogP contribution in [0.4, 0.5) is 0 Å². The summed E-state index contributed by atoms with van der Waals surface area (Å²) in [6.07, 6.45) is 75.7. The van der Waals surface area contributed by atoms with E-state index in [1.807, 2.05) is 0 Å². The van der Waals surface area contributed by atoms with E-state index < -0.39 is 5.41 Å². The molecule has 0 spiro atoms. The van der Waals surface area contributed by atoms with Crippen molar-refractivity contribution in [2.45, 2.75) is 425 Å². The van der Waals surface area contributed by atoms with Crippen molar-refractivity contribution in [1.29, 1.82) is 0 Å². The normalized spacial score (nSPS) is 17.3. The van der Waals surface area contributed by atoms with Gasteiger partial charge in [-0.15, -0.1) is 0 Å². The fraction of sp³-hybridized carbons (Fsp3) is 0.948. The number of carbonyl (C=O) groups is 4. The van der Waals surface area contributed by atoms with Crippen molar-refractivity contribution in [3.05, 3.63) is 0 Å². The van der Waals surface area contributed by atoms with E-state index in [-0.39, 0.29) is 62.1 Å². The average Bonchev–Trinajstić information content (AvgIpc) is 3.54. The summed E-state index contributed by atoms with van der Waals surface area (Å²) in [5, 5.41) is 0. The lowest BCUT2D eigenvalue weighted by Gasteiger charge is -2.33. The van der Waals surface area contributed by atoms with Crippen LogP contribution in [0.3, 0.4) is 0 Å². The highest BCUT2D eigenvalue weighted by Crippen LogP contribution is 2.29. The second-order valence-electron chi connectivity index (χ2n) is 27.9. The Morgan fingerprint density at radius 1 is 0.247 bits per heavy atom. The zero-order valence-electron chi connectivity index (χ0n) is 57.0. The smallest absolute Gasteiger partial charge is 0.308 e. The van der Waals surface area contributed by atoms with Gasteiger partial charge in [0.1, 0.15) is 31.8 Å². The maximum atomic E-state index is 14.5. The molecule has 0 aromatic rings. The van der Waals surface area contributed by atoms with Gasteiger partial charge in [0.25, 0.3) is 0 Å². The molecule has 8 nitrogen and oxygen atoms in total. The number of ether oxygens (including phenoxy) is 4. The number of rotatable bonds is 42.